The Kier molecular flexibility index (Phi) is 6.50. The standard InChI is InChI=1S/C24H23ClN2O2S/c1-29-20-12-11-17(13-19(20)25)15-27-24-22(18-9-5-6-10-21(18)30-24)23(28)26-14-16-7-3-2-4-8-16/h2-4,7-8,11-13,15H,5-6,9-10,14H2,1H3,(H,26,28). The molecular formula is C24H23ClN2O2S. The van der Waals surface area contributed by atoms with Gasteiger partial charge in [0.05, 0.1) is 17.7 Å². The Balaban J connectivity index is 1.60. The van der Waals surface area contributed by atoms with Gasteiger partial charge in [-0.1, -0.05) is 41.9 Å². The summed E-state index contributed by atoms with van der Waals surface area (Å²) >= 11 is 7.85. The predicted octanol–water partition coefficient (Wildman–Crippen LogP) is 5.97. The van der Waals surface area contributed by atoms with Crippen molar-refractivity contribution < 1.29 is 9.53 Å². The van der Waals surface area contributed by atoms with E-state index in [-0.39, 0.29) is 5.91 Å². The molecule has 0 unspecified atom stereocenters. The van der Waals surface area contributed by atoms with Crippen molar-refractivity contribution >= 4 is 40.1 Å². The van der Waals surface area contributed by atoms with Gasteiger partial charge in [0.15, 0.2) is 0 Å². The van der Waals surface area contributed by atoms with E-state index in [1.54, 1.807) is 24.7 Å². The molecule has 0 saturated carbocycles. The topological polar surface area (TPSA) is 50.7 Å². The predicted molar refractivity (Wildman–Crippen MR) is 124 cm³/mol. The fourth-order valence-electron chi connectivity index (χ4n) is 3.64. The number of hydrogen-bond acceptors (Lipinski definition) is 4. The number of amides is 1. The van der Waals surface area contributed by atoms with E-state index in [1.807, 2.05) is 48.5 Å². The third kappa shape index (κ3) is 4.58. The molecule has 0 saturated heterocycles. The van der Waals surface area contributed by atoms with E-state index in [0.717, 1.165) is 52.9 Å². The summed E-state index contributed by atoms with van der Waals surface area (Å²) in [5, 5.41) is 4.37. The van der Waals surface area contributed by atoms with E-state index in [1.165, 1.54) is 4.88 Å². The molecule has 0 fully saturated rings. The van der Waals surface area contributed by atoms with E-state index in [4.69, 9.17) is 16.3 Å². The SMILES string of the molecule is COc1ccc(C=Nc2sc3c(c2C(=O)NCc2ccccc2)CCCC3)cc1Cl. The minimum Gasteiger partial charge on any atom is -0.495 e. The molecule has 1 amide bonds. The number of methoxy groups -OCH3 is 1. The van der Waals surface area contributed by atoms with E-state index in [2.05, 4.69) is 10.3 Å². The fraction of sp³-hybridized carbons (Fsp3) is 0.250. The Morgan fingerprint density at radius 3 is 2.77 bits per heavy atom. The average Bonchev–Trinajstić information content (AvgIpc) is 3.15. The number of nitrogens with zero attached hydrogens (tertiary/aromatic N) is 1. The molecule has 4 nitrogen and oxygen atoms in total. The first-order valence-corrected chi connectivity index (χ1v) is 11.2. The molecule has 154 valence electrons. The molecule has 0 atom stereocenters. The highest BCUT2D eigenvalue weighted by Crippen LogP contribution is 2.40. The van der Waals surface area contributed by atoms with Crippen molar-refractivity contribution in [3.05, 3.63) is 80.7 Å². The molecule has 0 bridgehead atoms. The van der Waals surface area contributed by atoms with Crippen molar-refractivity contribution in [2.45, 2.75) is 32.2 Å². The van der Waals surface area contributed by atoms with E-state index < -0.39 is 0 Å². The van der Waals surface area contributed by atoms with Gasteiger partial charge in [0, 0.05) is 17.6 Å². The molecule has 30 heavy (non-hydrogen) atoms. The van der Waals surface area contributed by atoms with Crippen LogP contribution in [-0.2, 0) is 19.4 Å². The largest absolute Gasteiger partial charge is 0.495 e. The first kappa shape index (κ1) is 20.6. The van der Waals surface area contributed by atoms with Gasteiger partial charge in [0.2, 0.25) is 0 Å². The van der Waals surface area contributed by atoms with Crippen molar-refractivity contribution in [2.75, 3.05) is 7.11 Å². The highest BCUT2D eigenvalue weighted by Gasteiger charge is 2.25. The number of aliphatic imine (C=N–C) groups is 1. The summed E-state index contributed by atoms with van der Waals surface area (Å²) in [6.45, 7) is 0.502. The molecule has 0 radical (unpaired) electrons. The molecule has 4 rings (SSSR count). The summed E-state index contributed by atoms with van der Waals surface area (Å²) in [6.07, 6.45) is 5.99. The normalized spacial score (nSPS) is 13.3. The number of aryl methyl sites for hydroxylation is 1. The minimum absolute atomic E-state index is 0.0573. The van der Waals surface area contributed by atoms with Gasteiger partial charge in [0.25, 0.3) is 5.91 Å². The number of ether oxygens (including phenoxy) is 1. The zero-order valence-corrected chi connectivity index (χ0v) is 18.4. The van der Waals surface area contributed by atoms with Crippen LogP contribution in [0.2, 0.25) is 5.02 Å². The van der Waals surface area contributed by atoms with E-state index >= 15 is 0 Å². The lowest BCUT2D eigenvalue weighted by Crippen LogP contribution is -2.24. The van der Waals surface area contributed by atoms with Crippen molar-refractivity contribution in [1.82, 2.24) is 5.32 Å². The minimum atomic E-state index is -0.0573. The van der Waals surface area contributed by atoms with Gasteiger partial charge in [-0.05, 0) is 60.6 Å². The van der Waals surface area contributed by atoms with Gasteiger partial charge in [0.1, 0.15) is 10.8 Å². The quantitative estimate of drug-likeness (QED) is 0.482. The first-order valence-electron chi connectivity index (χ1n) is 10.00. The lowest BCUT2D eigenvalue weighted by Gasteiger charge is -2.12. The van der Waals surface area contributed by atoms with E-state index in [9.17, 15) is 4.79 Å². The summed E-state index contributed by atoms with van der Waals surface area (Å²) in [5.41, 5.74) is 3.83. The molecule has 2 aromatic carbocycles. The van der Waals surface area contributed by atoms with Crippen LogP contribution in [0.5, 0.6) is 5.75 Å². The number of benzene rings is 2. The molecule has 1 aliphatic carbocycles. The van der Waals surface area contributed by atoms with Crippen LogP contribution in [0, 0.1) is 0 Å². The maximum Gasteiger partial charge on any atom is 0.254 e. The number of nitrogens with one attached hydrogen (secondary N) is 1. The molecule has 3 aromatic rings. The molecule has 1 aromatic heterocycles. The zero-order chi connectivity index (χ0) is 20.9. The Bertz CT molecular complexity index is 1080. The van der Waals surface area contributed by atoms with Crippen molar-refractivity contribution in [3.63, 3.8) is 0 Å². The van der Waals surface area contributed by atoms with Gasteiger partial charge < -0.3 is 10.1 Å². The number of carbonyl (C=O) groups is 1. The monoisotopic (exact) mass is 438 g/mol. The smallest absolute Gasteiger partial charge is 0.254 e. The lowest BCUT2D eigenvalue weighted by molar-refractivity contribution is 0.0951. The number of hydrogen-bond donors (Lipinski definition) is 1. The maximum absolute atomic E-state index is 13.1. The molecule has 0 aliphatic heterocycles. The first-order chi connectivity index (χ1) is 14.7. The molecule has 0 spiro atoms. The van der Waals surface area contributed by atoms with Gasteiger partial charge in [-0.15, -0.1) is 11.3 Å². The molecule has 1 heterocycles. The van der Waals surface area contributed by atoms with Crippen LogP contribution in [-0.4, -0.2) is 19.2 Å². The van der Waals surface area contributed by atoms with Crippen LogP contribution in [0.15, 0.2) is 53.5 Å². The fourth-order valence-corrected chi connectivity index (χ4v) is 5.14. The number of carbonyl (C=O) groups excluding carboxylic acids is 1. The Labute approximate surface area is 185 Å². The second-order valence-corrected chi connectivity index (χ2v) is 8.70. The summed E-state index contributed by atoms with van der Waals surface area (Å²) in [5.74, 6) is 0.569. The van der Waals surface area contributed by atoms with Crippen LogP contribution in [0.4, 0.5) is 5.00 Å². The van der Waals surface area contributed by atoms with Crippen LogP contribution in [0.1, 0.15) is 44.8 Å². The van der Waals surface area contributed by atoms with Crippen molar-refractivity contribution in [2.24, 2.45) is 4.99 Å². The van der Waals surface area contributed by atoms with Crippen molar-refractivity contribution in [1.29, 1.82) is 0 Å². The molecule has 6 heteroatoms. The van der Waals surface area contributed by atoms with Crippen LogP contribution in [0.3, 0.4) is 0 Å². The second-order valence-electron chi connectivity index (χ2n) is 7.21. The molecular weight excluding hydrogens is 416 g/mol. The summed E-state index contributed by atoms with van der Waals surface area (Å²) in [6, 6.07) is 15.5. The highest BCUT2D eigenvalue weighted by atomic mass is 35.5. The number of thiophene rings is 1. The zero-order valence-electron chi connectivity index (χ0n) is 16.8. The van der Waals surface area contributed by atoms with Crippen LogP contribution < -0.4 is 10.1 Å². The van der Waals surface area contributed by atoms with Gasteiger partial charge in [-0.3, -0.25) is 4.79 Å². The summed E-state index contributed by atoms with van der Waals surface area (Å²) in [7, 11) is 1.59. The summed E-state index contributed by atoms with van der Waals surface area (Å²) in [4.78, 5) is 19.1. The Morgan fingerprint density at radius 2 is 2.00 bits per heavy atom. The number of fused-ring (bicyclic) bond motifs is 1. The second kappa shape index (κ2) is 9.45. The van der Waals surface area contributed by atoms with Crippen molar-refractivity contribution in [3.8, 4) is 5.75 Å². The summed E-state index contributed by atoms with van der Waals surface area (Å²) < 4.78 is 5.20. The number of halogens is 1. The third-order valence-corrected chi connectivity index (χ3v) is 6.68. The Hall–Kier alpha value is -2.63. The average molecular weight is 439 g/mol. The maximum atomic E-state index is 13.1. The van der Waals surface area contributed by atoms with Gasteiger partial charge >= 0.3 is 0 Å². The van der Waals surface area contributed by atoms with Crippen LogP contribution in [0.25, 0.3) is 0 Å². The van der Waals surface area contributed by atoms with Gasteiger partial charge in [-0.25, -0.2) is 4.99 Å². The molecule has 1 N–H and O–H groups in total. The Morgan fingerprint density at radius 1 is 1.20 bits per heavy atom. The molecule has 1 aliphatic rings. The highest BCUT2D eigenvalue weighted by molar-refractivity contribution is 7.16. The van der Waals surface area contributed by atoms with Gasteiger partial charge in [-0.2, -0.15) is 0 Å². The van der Waals surface area contributed by atoms with Crippen LogP contribution >= 0.6 is 22.9 Å². The third-order valence-electron chi connectivity index (χ3n) is 5.18. The number of rotatable bonds is 6. The lowest BCUT2D eigenvalue weighted by atomic mass is 9.95. The van der Waals surface area contributed by atoms with E-state index in [0.29, 0.717) is 17.3 Å².